The Labute approximate surface area is 157 Å². The normalized spacial score (nSPS) is 24.0. The maximum absolute atomic E-state index is 11.8. The minimum absolute atomic E-state index is 0.249. The molecule has 0 atom stereocenters. The van der Waals surface area contributed by atoms with Crippen molar-refractivity contribution in [3.8, 4) is 0 Å². The van der Waals surface area contributed by atoms with E-state index in [1.807, 2.05) is 30.3 Å². The van der Waals surface area contributed by atoms with Crippen molar-refractivity contribution < 1.29 is 9.53 Å². The molecule has 2 aliphatic rings. The third kappa shape index (κ3) is 6.29. The summed E-state index contributed by atoms with van der Waals surface area (Å²) >= 11 is 0. The van der Waals surface area contributed by atoms with Crippen molar-refractivity contribution in [1.82, 2.24) is 15.5 Å². The summed E-state index contributed by atoms with van der Waals surface area (Å²) < 4.78 is 5.27. The highest BCUT2D eigenvalue weighted by Gasteiger charge is 2.30. The van der Waals surface area contributed by atoms with Crippen LogP contribution in [-0.2, 0) is 11.3 Å². The number of amides is 1. The van der Waals surface area contributed by atoms with Crippen LogP contribution in [0.3, 0.4) is 0 Å². The van der Waals surface area contributed by atoms with Gasteiger partial charge in [0.25, 0.3) is 0 Å². The lowest BCUT2D eigenvalue weighted by molar-refractivity contribution is 0.125. The topological polar surface area (TPSA) is 53.6 Å². The number of piperidine rings is 1. The molecule has 1 aromatic carbocycles. The molecular weight excluding hydrogens is 326 g/mol. The molecule has 1 saturated carbocycles. The summed E-state index contributed by atoms with van der Waals surface area (Å²) in [6.07, 6.45) is 5.61. The van der Waals surface area contributed by atoms with Crippen LogP contribution in [-0.4, -0.2) is 49.3 Å². The molecule has 5 nitrogen and oxygen atoms in total. The second-order valence-corrected chi connectivity index (χ2v) is 7.90. The molecule has 1 saturated heterocycles. The Balaban J connectivity index is 1.18. The van der Waals surface area contributed by atoms with E-state index in [4.69, 9.17) is 4.74 Å². The van der Waals surface area contributed by atoms with Gasteiger partial charge in [-0.05, 0) is 69.8 Å². The average molecular weight is 360 g/mol. The van der Waals surface area contributed by atoms with Gasteiger partial charge < -0.3 is 20.3 Å². The average Bonchev–Trinajstić information content (AvgIpc) is 2.63. The fourth-order valence-corrected chi connectivity index (χ4v) is 3.73. The molecule has 1 aliphatic carbocycles. The summed E-state index contributed by atoms with van der Waals surface area (Å²) in [4.78, 5) is 14.4. The molecule has 1 amide bonds. The summed E-state index contributed by atoms with van der Waals surface area (Å²) in [5.41, 5.74) is 1.01. The van der Waals surface area contributed by atoms with E-state index < -0.39 is 0 Å². The molecule has 1 heterocycles. The Kier molecular flexibility index (Phi) is 7.32. The summed E-state index contributed by atoms with van der Waals surface area (Å²) in [5, 5.41) is 6.56. The number of alkyl carbamates (subject to hydrolysis) is 1. The van der Waals surface area contributed by atoms with E-state index in [2.05, 4.69) is 22.5 Å². The molecule has 144 valence electrons. The van der Waals surface area contributed by atoms with Crippen molar-refractivity contribution >= 4 is 6.09 Å². The van der Waals surface area contributed by atoms with Crippen molar-refractivity contribution in [1.29, 1.82) is 0 Å². The first kappa shape index (κ1) is 19.2. The van der Waals surface area contributed by atoms with Gasteiger partial charge in [0, 0.05) is 12.1 Å². The maximum atomic E-state index is 11.8. The van der Waals surface area contributed by atoms with Crippen LogP contribution in [0, 0.1) is 5.92 Å². The molecular formula is C21H33N3O2. The van der Waals surface area contributed by atoms with Crippen LogP contribution in [0.2, 0.25) is 0 Å². The van der Waals surface area contributed by atoms with Crippen molar-refractivity contribution in [2.24, 2.45) is 5.92 Å². The molecule has 0 unspecified atom stereocenters. The molecule has 2 N–H and O–H groups in total. The highest BCUT2D eigenvalue weighted by Crippen LogP contribution is 2.20. The molecule has 5 heteroatoms. The van der Waals surface area contributed by atoms with E-state index in [1.54, 1.807) is 0 Å². The number of benzene rings is 1. The predicted molar refractivity (Wildman–Crippen MR) is 104 cm³/mol. The molecule has 3 rings (SSSR count). The summed E-state index contributed by atoms with van der Waals surface area (Å²) in [6.45, 7) is 7.50. The molecule has 2 fully saturated rings. The number of hydrogen-bond donors (Lipinski definition) is 2. The Morgan fingerprint density at radius 3 is 2.62 bits per heavy atom. The van der Waals surface area contributed by atoms with Crippen LogP contribution < -0.4 is 10.6 Å². The lowest BCUT2D eigenvalue weighted by atomic mass is 9.87. The van der Waals surface area contributed by atoms with Crippen LogP contribution in [0.4, 0.5) is 4.79 Å². The minimum atomic E-state index is -0.309. The largest absolute Gasteiger partial charge is 0.445 e. The first-order valence-electron chi connectivity index (χ1n) is 10.1. The summed E-state index contributed by atoms with van der Waals surface area (Å²) in [7, 11) is 0. The highest BCUT2D eigenvalue weighted by atomic mass is 16.5. The number of hydrogen-bond acceptors (Lipinski definition) is 4. The van der Waals surface area contributed by atoms with E-state index in [-0.39, 0.29) is 12.1 Å². The zero-order valence-electron chi connectivity index (χ0n) is 16.0. The van der Waals surface area contributed by atoms with Crippen LogP contribution in [0.1, 0.15) is 44.6 Å². The third-order valence-electron chi connectivity index (χ3n) is 5.63. The number of carbonyl (C=O) groups is 1. The summed E-state index contributed by atoms with van der Waals surface area (Å²) in [5.74, 6) is 0.906. The van der Waals surface area contributed by atoms with Gasteiger partial charge >= 0.3 is 6.09 Å². The zero-order chi connectivity index (χ0) is 18.2. The van der Waals surface area contributed by atoms with E-state index in [0.717, 1.165) is 30.9 Å². The number of nitrogens with zero attached hydrogens (tertiary/aromatic N) is 1. The standard InChI is InChI=1S/C21H33N3O2/c1-17-8-12-24(13-9-17)11-5-10-22-19-14-20(15-19)23-21(25)26-16-18-6-3-2-4-7-18/h2-4,6-7,17,19-20,22H,5,8-16H2,1H3,(H,23,25). The second-order valence-electron chi connectivity index (χ2n) is 7.90. The lowest BCUT2D eigenvalue weighted by Gasteiger charge is -2.36. The first-order chi connectivity index (χ1) is 12.7. The van der Waals surface area contributed by atoms with Gasteiger partial charge in [-0.3, -0.25) is 0 Å². The van der Waals surface area contributed by atoms with Gasteiger partial charge in [0.2, 0.25) is 0 Å². The van der Waals surface area contributed by atoms with Gasteiger partial charge in [0.1, 0.15) is 6.61 Å². The molecule has 1 aliphatic heterocycles. The SMILES string of the molecule is CC1CCN(CCCNC2CC(NC(=O)OCc3ccccc3)C2)CC1. The highest BCUT2D eigenvalue weighted by molar-refractivity contribution is 5.67. The van der Waals surface area contributed by atoms with Gasteiger partial charge in [0.05, 0.1) is 0 Å². The number of carbonyl (C=O) groups excluding carboxylic acids is 1. The lowest BCUT2D eigenvalue weighted by Crippen LogP contribution is -2.52. The van der Waals surface area contributed by atoms with Gasteiger partial charge in [-0.2, -0.15) is 0 Å². The Bertz CT molecular complexity index is 537. The van der Waals surface area contributed by atoms with Crippen molar-refractivity contribution in [2.75, 3.05) is 26.2 Å². The van der Waals surface area contributed by atoms with Gasteiger partial charge in [-0.1, -0.05) is 37.3 Å². The second kappa shape index (κ2) is 9.93. The molecule has 1 aromatic rings. The first-order valence-corrected chi connectivity index (χ1v) is 10.1. The Morgan fingerprint density at radius 1 is 1.15 bits per heavy atom. The smallest absolute Gasteiger partial charge is 0.407 e. The fourth-order valence-electron chi connectivity index (χ4n) is 3.73. The predicted octanol–water partition coefficient (Wildman–Crippen LogP) is 3.16. The third-order valence-corrected chi connectivity index (χ3v) is 5.63. The van der Waals surface area contributed by atoms with E-state index >= 15 is 0 Å². The maximum Gasteiger partial charge on any atom is 0.407 e. The zero-order valence-corrected chi connectivity index (χ0v) is 16.0. The van der Waals surface area contributed by atoms with Crippen LogP contribution in [0.25, 0.3) is 0 Å². The van der Waals surface area contributed by atoms with Crippen LogP contribution in [0.5, 0.6) is 0 Å². The quantitative estimate of drug-likeness (QED) is 0.700. The monoisotopic (exact) mass is 359 g/mol. The molecule has 0 spiro atoms. The Morgan fingerprint density at radius 2 is 1.88 bits per heavy atom. The molecule has 0 aromatic heterocycles. The van der Waals surface area contributed by atoms with Crippen molar-refractivity contribution in [2.45, 2.75) is 57.7 Å². The number of ether oxygens (including phenoxy) is 1. The van der Waals surface area contributed by atoms with E-state index in [1.165, 1.54) is 38.9 Å². The molecule has 26 heavy (non-hydrogen) atoms. The van der Waals surface area contributed by atoms with Gasteiger partial charge in [-0.25, -0.2) is 4.79 Å². The van der Waals surface area contributed by atoms with Crippen molar-refractivity contribution in [3.05, 3.63) is 35.9 Å². The number of nitrogens with one attached hydrogen (secondary N) is 2. The number of likely N-dealkylation sites (tertiary alicyclic amines) is 1. The van der Waals surface area contributed by atoms with Crippen molar-refractivity contribution in [3.63, 3.8) is 0 Å². The van der Waals surface area contributed by atoms with E-state index in [9.17, 15) is 4.79 Å². The van der Waals surface area contributed by atoms with Crippen LogP contribution in [0.15, 0.2) is 30.3 Å². The Hall–Kier alpha value is -1.59. The molecule has 0 radical (unpaired) electrons. The minimum Gasteiger partial charge on any atom is -0.445 e. The number of rotatable bonds is 8. The van der Waals surface area contributed by atoms with E-state index in [0.29, 0.717) is 12.6 Å². The summed E-state index contributed by atoms with van der Waals surface area (Å²) in [6, 6.07) is 10.6. The van der Waals surface area contributed by atoms with Crippen LogP contribution >= 0.6 is 0 Å². The molecule has 0 bridgehead atoms. The fraction of sp³-hybridized carbons (Fsp3) is 0.667. The van der Waals surface area contributed by atoms with Gasteiger partial charge in [0.15, 0.2) is 0 Å². The van der Waals surface area contributed by atoms with Gasteiger partial charge in [-0.15, -0.1) is 0 Å².